The maximum atomic E-state index is 13.4. The third kappa shape index (κ3) is 3.24. The molecule has 1 heterocycles. The van der Waals surface area contributed by atoms with E-state index < -0.39 is 11.9 Å². The predicted octanol–water partition coefficient (Wildman–Crippen LogP) is 2.52. The molecule has 1 atom stereocenters. The summed E-state index contributed by atoms with van der Waals surface area (Å²) in [6.45, 7) is 0.141. The van der Waals surface area contributed by atoms with Gasteiger partial charge in [0, 0.05) is 24.5 Å². The van der Waals surface area contributed by atoms with Crippen LogP contribution in [0.15, 0.2) is 41.1 Å². The molecule has 2 N–H and O–H groups in total. The lowest BCUT2D eigenvalue weighted by molar-refractivity contribution is 0.186. The molecule has 0 bridgehead atoms. The second kappa shape index (κ2) is 5.88. The molecule has 0 saturated heterocycles. The van der Waals surface area contributed by atoms with Crippen LogP contribution in [-0.4, -0.2) is 21.6 Å². The molecule has 0 amide bonds. The standard InChI is InChI=1S/C12H11BrFN3O/c13-8-5-15-12(16-6-8)17-7-11(18)9-3-1-2-4-10(9)14/h1-6,11,18H,7H2,(H,15,16,17)/t11-/m1/s1. The van der Waals surface area contributed by atoms with Crippen molar-refractivity contribution in [2.75, 3.05) is 11.9 Å². The van der Waals surface area contributed by atoms with E-state index in [2.05, 4.69) is 31.2 Å². The number of aliphatic hydroxyl groups is 1. The number of hydrogen-bond donors (Lipinski definition) is 2. The maximum absolute atomic E-state index is 13.4. The van der Waals surface area contributed by atoms with Gasteiger partial charge in [-0.25, -0.2) is 14.4 Å². The van der Waals surface area contributed by atoms with Gasteiger partial charge < -0.3 is 10.4 Å². The van der Waals surface area contributed by atoms with Gasteiger partial charge in [-0.2, -0.15) is 0 Å². The molecular formula is C12H11BrFN3O. The first-order valence-electron chi connectivity index (χ1n) is 5.30. The molecule has 1 aromatic carbocycles. The Kier molecular flexibility index (Phi) is 4.22. The van der Waals surface area contributed by atoms with Crippen LogP contribution in [0.4, 0.5) is 10.3 Å². The first kappa shape index (κ1) is 12.9. The Morgan fingerprint density at radius 2 is 1.94 bits per heavy atom. The highest BCUT2D eigenvalue weighted by molar-refractivity contribution is 9.10. The van der Waals surface area contributed by atoms with Crippen molar-refractivity contribution in [2.45, 2.75) is 6.10 Å². The molecule has 2 rings (SSSR count). The number of benzene rings is 1. The molecule has 18 heavy (non-hydrogen) atoms. The minimum atomic E-state index is -0.946. The highest BCUT2D eigenvalue weighted by atomic mass is 79.9. The number of nitrogens with zero attached hydrogens (tertiary/aromatic N) is 2. The van der Waals surface area contributed by atoms with Crippen LogP contribution in [0.25, 0.3) is 0 Å². The number of aromatic nitrogens is 2. The molecule has 0 fully saturated rings. The largest absolute Gasteiger partial charge is 0.386 e. The van der Waals surface area contributed by atoms with Crippen LogP contribution in [0.5, 0.6) is 0 Å². The summed E-state index contributed by atoms with van der Waals surface area (Å²) in [4.78, 5) is 7.98. The fourth-order valence-electron chi connectivity index (χ4n) is 1.45. The third-order valence-electron chi connectivity index (χ3n) is 2.34. The Labute approximate surface area is 112 Å². The Hall–Kier alpha value is -1.53. The van der Waals surface area contributed by atoms with E-state index in [0.29, 0.717) is 5.95 Å². The fraction of sp³-hybridized carbons (Fsp3) is 0.167. The van der Waals surface area contributed by atoms with E-state index in [1.165, 1.54) is 6.07 Å². The maximum Gasteiger partial charge on any atom is 0.222 e. The summed E-state index contributed by atoms with van der Waals surface area (Å²) in [6, 6.07) is 6.12. The average Bonchev–Trinajstić information content (AvgIpc) is 2.38. The second-order valence-electron chi connectivity index (χ2n) is 3.64. The van der Waals surface area contributed by atoms with E-state index in [1.807, 2.05) is 0 Å². The highest BCUT2D eigenvalue weighted by Crippen LogP contribution is 2.16. The van der Waals surface area contributed by atoms with Crippen molar-refractivity contribution in [1.29, 1.82) is 0 Å². The summed E-state index contributed by atoms with van der Waals surface area (Å²) >= 11 is 3.22. The van der Waals surface area contributed by atoms with E-state index in [9.17, 15) is 9.50 Å². The van der Waals surface area contributed by atoms with Crippen molar-refractivity contribution in [1.82, 2.24) is 9.97 Å². The fourth-order valence-corrected chi connectivity index (χ4v) is 1.65. The van der Waals surface area contributed by atoms with Gasteiger partial charge in [-0.1, -0.05) is 18.2 Å². The van der Waals surface area contributed by atoms with Crippen molar-refractivity contribution in [3.8, 4) is 0 Å². The summed E-state index contributed by atoms with van der Waals surface area (Å²) in [5.74, 6) is -0.0443. The van der Waals surface area contributed by atoms with Crippen LogP contribution in [0.1, 0.15) is 11.7 Å². The molecule has 0 aliphatic heterocycles. The number of nitrogens with one attached hydrogen (secondary N) is 1. The monoisotopic (exact) mass is 311 g/mol. The zero-order chi connectivity index (χ0) is 13.0. The van der Waals surface area contributed by atoms with Gasteiger partial charge in [0.1, 0.15) is 5.82 Å². The lowest BCUT2D eigenvalue weighted by Gasteiger charge is -2.12. The average molecular weight is 312 g/mol. The Bertz CT molecular complexity index is 521. The van der Waals surface area contributed by atoms with Gasteiger partial charge in [0.05, 0.1) is 10.6 Å². The van der Waals surface area contributed by atoms with Crippen molar-refractivity contribution in [3.63, 3.8) is 0 Å². The van der Waals surface area contributed by atoms with Crippen LogP contribution in [0.2, 0.25) is 0 Å². The first-order chi connectivity index (χ1) is 8.66. The van der Waals surface area contributed by atoms with Gasteiger partial charge in [0.15, 0.2) is 0 Å². The number of hydrogen-bond acceptors (Lipinski definition) is 4. The Morgan fingerprint density at radius 3 is 2.61 bits per heavy atom. The summed E-state index contributed by atoms with van der Waals surface area (Å²) in [5, 5.41) is 12.7. The van der Waals surface area contributed by atoms with Crippen LogP contribution in [-0.2, 0) is 0 Å². The lowest BCUT2D eigenvalue weighted by Crippen LogP contribution is -2.14. The molecule has 2 aromatic rings. The molecule has 1 aromatic heterocycles. The molecule has 0 aliphatic rings. The molecule has 0 radical (unpaired) electrons. The summed E-state index contributed by atoms with van der Waals surface area (Å²) < 4.78 is 14.2. The van der Waals surface area contributed by atoms with Crippen molar-refractivity contribution >= 4 is 21.9 Å². The zero-order valence-corrected chi connectivity index (χ0v) is 10.9. The van der Waals surface area contributed by atoms with E-state index in [1.54, 1.807) is 30.6 Å². The van der Waals surface area contributed by atoms with Gasteiger partial charge in [0.2, 0.25) is 5.95 Å². The molecule has 0 aliphatic carbocycles. The highest BCUT2D eigenvalue weighted by Gasteiger charge is 2.12. The number of halogens is 2. The van der Waals surface area contributed by atoms with Crippen LogP contribution < -0.4 is 5.32 Å². The van der Waals surface area contributed by atoms with Gasteiger partial charge in [-0.05, 0) is 22.0 Å². The number of aliphatic hydroxyl groups excluding tert-OH is 1. The molecule has 0 spiro atoms. The van der Waals surface area contributed by atoms with Crippen molar-refractivity contribution in [2.24, 2.45) is 0 Å². The lowest BCUT2D eigenvalue weighted by atomic mass is 10.1. The smallest absolute Gasteiger partial charge is 0.222 e. The zero-order valence-electron chi connectivity index (χ0n) is 9.35. The SMILES string of the molecule is O[C@H](CNc1ncc(Br)cn1)c1ccccc1F. The quantitative estimate of drug-likeness (QED) is 0.911. The molecule has 0 unspecified atom stereocenters. The first-order valence-corrected chi connectivity index (χ1v) is 6.10. The minimum Gasteiger partial charge on any atom is -0.386 e. The molecule has 6 heteroatoms. The van der Waals surface area contributed by atoms with Crippen LogP contribution in [0, 0.1) is 5.82 Å². The van der Waals surface area contributed by atoms with Crippen LogP contribution >= 0.6 is 15.9 Å². The summed E-state index contributed by atoms with van der Waals surface area (Å²) in [5.41, 5.74) is 0.252. The van der Waals surface area contributed by atoms with E-state index in [4.69, 9.17) is 0 Å². The van der Waals surface area contributed by atoms with Crippen LogP contribution in [0.3, 0.4) is 0 Å². The van der Waals surface area contributed by atoms with Crippen molar-refractivity contribution in [3.05, 3.63) is 52.5 Å². The topological polar surface area (TPSA) is 58.0 Å². The second-order valence-corrected chi connectivity index (χ2v) is 4.56. The Balaban J connectivity index is 1.98. The summed E-state index contributed by atoms with van der Waals surface area (Å²) in [7, 11) is 0. The van der Waals surface area contributed by atoms with E-state index >= 15 is 0 Å². The normalized spacial score (nSPS) is 12.2. The van der Waals surface area contributed by atoms with Gasteiger partial charge in [-0.15, -0.1) is 0 Å². The van der Waals surface area contributed by atoms with Crippen molar-refractivity contribution < 1.29 is 9.50 Å². The van der Waals surface area contributed by atoms with Gasteiger partial charge in [-0.3, -0.25) is 0 Å². The number of anilines is 1. The molecular weight excluding hydrogens is 301 g/mol. The summed E-state index contributed by atoms with van der Waals surface area (Å²) in [6.07, 6.45) is 2.23. The molecule has 0 saturated carbocycles. The van der Waals surface area contributed by atoms with Gasteiger partial charge >= 0.3 is 0 Å². The predicted molar refractivity (Wildman–Crippen MR) is 69.6 cm³/mol. The number of rotatable bonds is 4. The van der Waals surface area contributed by atoms with Gasteiger partial charge in [0.25, 0.3) is 0 Å². The van der Waals surface area contributed by atoms with E-state index in [0.717, 1.165) is 4.47 Å². The third-order valence-corrected chi connectivity index (χ3v) is 2.75. The molecule has 4 nitrogen and oxygen atoms in total. The molecule has 94 valence electrons. The minimum absolute atomic E-state index is 0.141. The van der Waals surface area contributed by atoms with E-state index in [-0.39, 0.29) is 12.1 Å². The Morgan fingerprint density at radius 1 is 1.28 bits per heavy atom.